The molecule has 0 aliphatic carbocycles. The molecule has 1 heterocycles. The zero-order valence-electron chi connectivity index (χ0n) is 16.4. The second-order valence-corrected chi connectivity index (χ2v) is 8.49. The number of hydrogen-bond donors (Lipinski definition) is 1. The Kier molecular flexibility index (Phi) is 5.87. The molecule has 7 nitrogen and oxygen atoms in total. The highest BCUT2D eigenvalue weighted by Gasteiger charge is 2.37. The molecule has 0 fully saturated rings. The average Bonchev–Trinajstić information content (AvgIpc) is 2.91. The molecule has 0 saturated heterocycles. The molecule has 0 aromatic heterocycles. The summed E-state index contributed by atoms with van der Waals surface area (Å²) in [4.78, 5) is 50.6. The maximum Gasteiger partial charge on any atom is 0.338 e. The molecular formula is C21H18Cl2N2O5. The van der Waals surface area contributed by atoms with Crippen LogP contribution in [-0.4, -0.2) is 35.8 Å². The van der Waals surface area contributed by atoms with Crippen LogP contribution in [0.4, 0.5) is 5.69 Å². The van der Waals surface area contributed by atoms with E-state index in [0.717, 1.165) is 4.90 Å². The number of hydrogen-bond acceptors (Lipinski definition) is 5. The van der Waals surface area contributed by atoms with E-state index in [-0.39, 0.29) is 32.4 Å². The molecule has 3 rings (SSSR count). The van der Waals surface area contributed by atoms with Crippen molar-refractivity contribution in [1.82, 2.24) is 5.32 Å². The summed E-state index contributed by atoms with van der Waals surface area (Å²) in [6, 6.07) is 8.41. The second kappa shape index (κ2) is 8.08. The molecule has 2 aromatic carbocycles. The summed E-state index contributed by atoms with van der Waals surface area (Å²) in [6.45, 7) is 4.94. The summed E-state index contributed by atoms with van der Waals surface area (Å²) in [5.41, 5.74) is 0.0542. The number of fused-ring (bicyclic) bond motifs is 1. The normalized spacial score (nSPS) is 13.3. The molecule has 3 amide bonds. The first-order chi connectivity index (χ1) is 14.0. The van der Waals surface area contributed by atoms with Crippen LogP contribution in [0.15, 0.2) is 36.4 Å². The molecule has 2 aromatic rings. The molecule has 0 unspecified atom stereocenters. The summed E-state index contributed by atoms with van der Waals surface area (Å²) in [5, 5.41) is 3.16. The van der Waals surface area contributed by atoms with Gasteiger partial charge in [-0.1, -0.05) is 23.2 Å². The number of anilines is 1. The van der Waals surface area contributed by atoms with Gasteiger partial charge in [0.2, 0.25) is 0 Å². The van der Waals surface area contributed by atoms with Crippen LogP contribution in [0, 0.1) is 0 Å². The average molecular weight is 449 g/mol. The van der Waals surface area contributed by atoms with Gasteiger partial charge in [0.1, 0.15) is 0 Å². The maximum absolute atomic E-state index is 12.8. The van der Waals surface area contributed by atoms with Crippen molar-refractivity contribution < 1.29 is 23.9 Å². The van der Waals surface area contributed by atoms with Crippen molar-refractivity contribution in [3.8, 4) is 0 Å². The Hall–Kier alpha value is -2.90. The van der Waals surface area contributed by atoms with Crippen LogP contribution in [0.1, 0.15) is 51.8 Å². The van der Waals surface area contributed by atoms with Crippen LogP contribution >= 0.6 is 23.2 Å². The summed E-state index contributed by atoms with van der Waals surface area (Å²) in [6.07, 6.45) is 0. The van der Waals surface area contributed by atoms with Gasteiger partial charge < -0.3 is 10.1 Å². The summed E-state index contributed by atoms with van der Waals surface area (Å²) < 4.78 is 5.01. The molecule has 0 spiro atoms. The van der Waals surface area contributed by atoms with Gasteiger partial charge >= 0.3 is 5.97 Å². The Morgan fingerprint density at radius 1 is 0.967 bits per heavy atom. The molecule has 1 N–H and O–H groups in total. The zero-order valence-corrected chi connectivity index (χ0v) is 17.9. The van der Waals surface area contributed by atoms with Gasteiger partial charge in [0, 0.05) is 5.54 Å². The molecule has 156 valence electrons. The lowest BCUT2D eigenvalue weighted by atomic mass is 10.1. The fourth-order valence-corrected chi connectivity index (χ4v) is 3.19. The van der Waals surface area contributed by atoms with Crippen molar-refractivity contribution in [2.24, 2.45) is 0 Å². The van der Waals surface area contributed by atoms with Crippen LogP contribution in [0.3, 0.4) is 0 Å². The molecule has 0 bridgehead atoms. The monoisotopic (exact) mass is 448 g/mol. The molecule has 1 aliphatic rings. The summed E-state index contributed by atoms with van der Waals surface area (Å²) in [7, 11) is 0. The van der Waals surface area contributed by atoms with Gasteiger partial charge in [0.05, 0.1) is 32.4 Å². The third-order valence-corrected chi connectivity index (χ3v) is 4.87. The largest absolute Gasteiger partial charge is 0.452 e. The first-order valence-electron chi connectivity index (χ1n) is 8.94. The summed E-state index contributed by atoms with van der Waals surface area (Å²) in [5.74, 6) is -2.38. The van der Waals surface area contributed by atoms with Gasteiger partial charge in [-0.25, -0.2) is 9.69 Å². The minimum Gasteiger partial charge on any atom is -0.452 e. The lowest BCUT2D eigenvalue weighted by molar-refractivity contribution is -0.125. The van der Waals surface area contributed by atoms with Gasteiger partial charge in [-0.15, -0.1) is 0 Å². The van der Waals surface area contributed by atoms with E-state index in [1.54, 1.807) is 20.8 Å². The second-order valence-electron chi connectivity index (χ2n) is 7.68. The van der Waals surface area contributed by atoms with E-state index in [1.807, 2.05) is 0 Å². The van der Waals surface area contributed by atoms with E-state index in [4.69, 9.17) is 27.9 Å². The Morgan fingerprint density at radius 3 is 2.27 bits per heavy atom. The number of esters is 1. The maximum atomic E-state index is 12.8. The fourth-order valence-electron chi connectivity index (χ4n) is 2.90. The van der Waals surface area contributed by atoms with Gasteiger partial charge in [-0.3, -0.25) is 14.4 Å². The molecule has 0 radical (unpaired) electrons. The number of nitrogens with zero attached hydrogens (tertiary/aromatic N) is 1. The number of nitrogens with one attached hydrogen (secondary N) is 1. The Bertz CT molecular complexity index is 1080. The van der Waals surface area contributed by atoms with Crippen molar-refractivity contribution in [1.29, 1.82) is 0 Å². The van der Waals surface area contributed by atoms with Crippen molar-refractivity contribution in [2.75, 3.05) is 11.5 Å². The molecular weight excluding hydrogens is 431 g/mol. The van der Waals surface area contributed by atoms with E-state index >= 15 is 0 Å². The number of rotatable bonds is 4. The number of carbonyl (C=O) groups excluding carboxylic acids is 4. The van der Waals surface area contributed by atoms with Crippen LogP contribution < -0.4 is 10.2 Å². The highest BCUT2D eigenvalue weighted by atomic mass is 35.5. The number of ether oxygens (including phenoxy) is 1. The van der Waals surface area contributed by atoms with Crippen molar-refractivity contribution in [2.45, 2.75) is 26.3 Å². The fraction of sp³-hybridized carbons (Fsp3) is 0.238. The predicted molar refractivity (Wildman–Crippen MR) is 112 cm³/mol. The first kappa shape index (κ1) is 21.8. The molecule has 1 aliphatic heterocycles. The van der Waals surface area contributed by atoms with Crippen LogP contribution in [0.25, 0.3) is 0 Å². The minimum absolute atomic E-state index is 0.0504. The smallest absolute Gasteiger partial charge is 0.338 e. The zero-order chi connectivity index (χ0) is 22.2. The van der Waals surface area contributed by atoms with E-state index < -0.39 is 35.8 Å². The minimum atomic E-state index is -0.782. The van der Waals surface area contributed by atoms with Crippen molar-refractivity contribution >= 4 is 52.6 Å². The number of benzene rings is 2. The third kappa shape index (κ3) is 4.47. The van der Waals surface area contributed by atoms with Crippen molar-refractivity contribution in [3.63, 3.8) is 0 Å². The Labute approximate surface area is 182 Å². The van der Waals surface area contributed by atoms with Crippen molar-refractivity contribution in [3.05, 3.63) is 63.1 Å². The van der Waals surface area contributed by atoms with E-state index in [1.165, 1.54) is 36.4 Å². The standard InChI is InChI=1S/C21H18Cl2N2O5/c1-21(2,3)24-17(26)10-30-20(29)11-4-6-13-14(8-11)19(28)25(18(13)27)12-5-7-15(22)16(23)9-12/h4-9H,10H2,1-3H3,(H,24,26). The highest BCUT2D eigenvalue weighted by molar-refractivity contribution is 6.42. The highest BCUT2D eigenvalue weighted by Crippen LogP contribution is 2.33. The third-order valence-electron chi connectivity index (χ3n) is 4.13. The number of carbonyl (C=O) groups is 4. The molecule has 0 atom stereocenters. The lowest BCUT2D eigenvalue weighted by Gasteiger charge is -2.20. The SMILES string of the molecule is CC(C)(C)NC(=O)COC(=O)c1ccc2c(c1)C(=O)N(c1ccc(Cl)c(Cl)c1)C2=O. The quantitative estimate of drug-likeness (QED) is 0.565. The van der Waals surface area contributed by atoms with Gasteiger partial charge in [-0.2, -0.15) is 0 Å². The van der Waals surface area contributed by atoms with Crippen LogP contribution in [0.2, 0.25) is 10.0 Å². The van der Waals surface area contributed by atoms with Gasteiger partial charge in [0.25, 0.3) is 17.7 Å². The number of amides is 3. The van der Waals surface area contributed by atoms with E-state index in [2.05, 4.69) is 5.32 Å². The molecule has 0 saturated carbocycles. The molecule has 30 heavy (non-hydrogen) atoms. The Balaban J connectivity index is 1.79. The number of imide groups is 1. The first-order valence-corrected chi connectivity index (χ1v) is 9.69. The van der Waals surface area contributed by atoms with Gasteiger partial charge in [0.15, 0.2) is 6.61 Å². The topological polar surface area (TPSA) is 92.8 Å². The van der Waals surface area contributed by atoms with Crippen LogP contribution in [0.5, 0.6) is 0 Å². The summed E-state index contributed by atoms with van der Waals surface area (Å²) >= 11 is 11.9. The molecule has 9 heteroatoms. The Morgan fingerprint density at radius 2 is 1.63 bits per heavy atom. The van der Waals surface area contributed by atoms with E-state index in [0.29, 0.717) is 0 Å². The number of halogens is 2. The van der Waals surface area contributed by atoms with E-state index in [9.17, 15) is 19.2 Å². The lowest BCUT2D eigenvalue weighted by Crippen LogP contribution is -2.42. The predicted octanol–water partition coefficient (Wildman–Crippen LogP) is 3.87. The van der Waals surface area contributed by atoms with Gasteiger partial charge in [-0.05, 0) is 57.2 Å². The van der Waals surface area contributed by atoms with Crippen LogP contribution in [-0.2, 0) is 9.53 Å².